The fourth-order valence-corrected chi connectivity index (χ4v) is 2.08. The lowest BCUT2D eigenvalue weighted by Crippen LogP contribution is -1.93. The first-order valence-corrected chi connectivity index (χ1v) is 9.03. The maximum Gasteiger partial charge on any atom is 0.303 e. The van der Waals surface area contributed by atoms with Crippen molar-refractivity contribution in [2.24, 2.45) is 10.2 Å². The number of hydrogen-bond acceptors (Lipinski definition) is 4. The Morgan fingerprint density at radius 2 is 1.12 bits per heavy atom. The first-order chi connectivity index (χ1) is 12.2. The monoisotopic (exact) mass is 356 g/mol. The van der Waals surface area contributed by atoms with E-state index in [0.717, 1.165) is 57.8 Å². The minimum absolute atomic E-state index is 0.260. The van der Waals surface area contributed by atoms with Crippen LogP contribution in [0.25, 0.3) is 20.9 Å². The number of nitrogens with zero attached hydrogens (tertiary/aromatic N) is 6. The molecule has 0 spiro atoms. The van der Waals surface area contributed by atoms with Crippen molar-refractivity contribution in [2.45, 2.75) is 77.0 Å². The van der Waals surface area contributed by atoms with Gasteiger partial charge in [-0.3, -0.25) is 4.79 Å². The van der Waals surface area contributed by atoms with Crippen molar-refractivity contribution >= 4 is 5.97 Å². The van der Waals surface area contributed by atoms with Crippen LogP contribution in [0.5, 0.6) is 0 Å². The molecule has 0 fully saturated rings. The number of rotatable bonds is 16. The summed E-state index contributed by atoms with van der Waals surface area (Å²) in [7, 11) is 0. The Morgan fingerprint density at radius 1 is 0.720 bits per heavy atom. The van der Waals surface area contributed by atoms with Gasteiger partial charge in [-0.05, 0) is 36.7 Å². The highest BCUT2D eigenvalue weighted by Gasteiger charge is 1.95. The number of aliphatic carboxylic acids is 1. The van der Waals surface area contributed by atoms with Crippen molar-refractivity contribution in [1.29, 1.82) is 0 Å². The molecule has 0 aromatic carbocycles. The molecule has 0 atom stereocenters. The average Bonchev–Trinajstić information content (AvgIpc) is 2.60. The predicted molar refractivity (Wildman–Crippen MR) is 98.2 cm³/mol. The zero-order valence-electron chi connectivity index (χ0n) is 15.1. The van der Waals surface area contributed by atoms with E-state index in [1.54, 1.807) is 0 Å². The number of carbonyl (C=O) groups is 1. The van der Waals surface area contributed by atoms with Gasteiger partial charge in [0.1, 0.15) is 0 Å². The lowest BCUT2D eigenvalue weighted by molar-refractivity contribution is -0.137. The van der Waals surface area contributed by atoms with E-state index in [9.17, 15) is 4.79 Å². The molecule has 0 bridgehead atoms. The molecule has 0 radical (unpaired) electrons. The van der Waals surface area contributed by atoms with Crippen molar-refractivity contribution in [3.8, 4) is 0 Å². The van der Waals surface area contributed by atoms with Gasteiger partial charge in [0, 0.05) is 35.9 Å². The van der Waals surface area contributed by atoms with Crippen LogP contribution in [0.1, 0.15) is 77.0 Å². The lowest BCUT2D eigenvalue weighted by Gasteiger charge is -1.97. The summed E-state index contributed by atoms with van der Waals surface area (Å²) in [6, 6.07) is 0. The minimum Gasteiger partial charge on any atom is -0.481 e. The number of carboxylic acid groups (broad SMARTS) is 1. The topological polar surface area (TPSA) is 155 Å². The average molecular weight is 356 g/mol. The van der Waals surface area contributed by atoms with Gasteiger partial charge in [-0.1, -0.05) is 55.2 Å². The van der Waals surface area contributed by atoms with Crippen LogP contribution < -0.4 is 0 Å². The molecule has 0 aromatic heterocycles. The minimum atomic E-state index is -0.728. The Bertz CT molecular complexity index is 387. The first kappa shape index (κ1) is 25.3. The highest BCUT2D eigenvalue weighted by molar-refractivity contribution is 5.66. The van der Waals surface area contributed by atoms with E-state index in [1.807, 2.05) is 0 Å². The predicted octanol–water partition coefficient (Wildman–Crippen LogP) is 5.35. The van der Waals surface area contributed by atoms with Crippen LogP contribution in [0.4, 0.5) is 0 Å². The van der Waals surface area contributed by atoms with Gasteiger partial charge >= 0.3 is 5.97 Å². The molecule has 9 nitrogen and oxygen atoms in total. The van der Waals surface area contributed by atoms with Crippen molar-refractivity contribution in [1.82, 2.24) is 0 Å². The fourth-order valence-electron chi connectivity index (χ4n) is 2.08. The summed E-state index contributed by atoms with van der Waals surface area (Å²) in [5.41, 5.74) is 15.9. The summed E-state index contributed by atoms with van der Waals surface area (Å²) in [4.78, 5) is 15.4. The fraction of sp³-hybridized carbons (Fsp3) is 0.938. The number of hydrogen-bond donors (Lipinski definition) is 2. The highest BCUT2D eigenvalue weighted by atomic mass is 16.4. The van der Waals surface area contributed by atoms with E-state index < -0.39 is 5.97 Å². The summed E-state index contributed by atoms with van der Waals surface area (Å²) >= 11 is 0. The Morgan fingerprint density at radius 3 is 1.52 bits per heavy atom. The van der Waals surface area contributed by atoms with Crippen LogP contribution in [-0.4, -0.2) is 35.9 Å². The summed E-state index contributed by atoms with van der Waals surface area (Å²) in [5, 5.41) is 23.7. The van der Waals surface area contributed by atoms with Gasteiger partial charge in [0.05, 0.1) is 0 Å². The van der Waals surface area contributed by atoms with Crippen LogP contribution in [-0.2, 0) is 4.79 Å². The van der Waals surface area contributed by atoms with Gasteiger partial charge in [0.15, 0.2) is 0 Å². The Labute approximate surface area is 149 Å². The van der Waals surface area contributed by atoms with E-state index >= 15 is 0 Å². The first-order valence-electron chi connectivity index (χ1n) is 9.03. The number of carboxylic acids is 1. The summed E-state index contributed by atoms with van der Waals surface area (Å²) in [5.74, 6) is -0.728. The smallest absolute Gasteiger partial charge is 0.303 e. The van der Waals surface area contributed by atoms with Crippen LogP contribution >= 0.6 is 0 Å². The molecule has 0 aliphatic heterocycles. The van der Waals surface area contributed by atoms with Crippen LogP contribution in [0.15, 0.2) is 10.2 Å². The molecule has 0 aliphatic rings. The quantitative estimate of drug-likeness (QED) is 0.165. The van der Waals surface area contributed by atoms with E-state index in [2.05, 4.69) is 20.1 Å². The molecule has 0 heterocycles. The third-order valence-corrected chi connectivity index (χ3v) is 3.44. The number of unbranched alkanes of at least 4 members (excludes halogenated alkanes) is 9. The van der Waals surface area contributed by atoms with E-state index in [1.165, 1.54) is 12.8 Å². The number of azide groups is 2. The molecule has 0 unspecified atom stereocenters. The van der Waals surface area contributed by atoms with Gasteiger partial charge in [-0.25, -0.2) is 0 Å². The summed E-state index contributed by atoms with van der Waals surface area (Å²) in [6.45, 7) is 1.48. The molecule has 0 saturated heterocycles. The van der Waals surface area contributed by atoms with Gasteiger partial charge in [0.2, 0.25) is 0 Å². The van der Waals surface area contributed by atoms with Gasteiger partial charge in [-0.15, -0.1) is 0 Å². The molecule has 9 heteroatoms. The van der Waals surface area contributed by atoms with Crippen molar-refractivity contribution in [2.75, 3.05) is 19.7 Å². The molecule has 25 heavy (non-hydrogen) atoms. The lowest BCUT2D eigenvalue weighted by atomic mass is 10.1. The van der Waals surface area contributed by atoms with Crippen molar-refractivity contribution < 1.29 is 15.0 Å². The maximum atomic E-state index is 10.1. The Balaban J connectivity index is 0. The molecule has 0 aliphatic carbocycles. The number of aliphatic hydroxyl groups excluding tert-OH is 1. The molecule has 2 N–H and O–H groups in total. The molecule has 0 aromatic rings. The van der Waals surface area contributed by atoms with E-state index in [4.69, 9.17) is 21.3 Å². The largest absolute Gasteiger partial charge is 0.481 e. The SMILES string of the molecule is [N-]=[N+]=NCCCCCCCC(=O)O.[N-]=[N+]=NCCCCCCCCO. The van der Waals surface area contributed by atoms with E-state index in [-0.39, 0.29) is 6.42 Å². The molecule has 144 valence electrons. The zero-order chi connectivity index (χ0) is 19.0. The van der Waals surface area contributed by atoms with Crippen molar-refractivity contribution in [3.05, 3.63) is 20.9 Å². The summed E-state index contributed by atoms with van der Waals surface area (Å²) in [6.07, 6.45) is 11.4. The standard InChI is InChI=1S/C8H15N3O2.C8H17N3O/c9-11-10-7-5-3-1-2-4-6-8(12)13;9-11-10-7-5-3-1-2-4-6-8-12/h1-7H2,(H,12,13);12H,1-8H2. The van der Waals surface area contributed by atoms with Crippen LogP contribution in [0.2, 0.25) is 0 Å². The highest BCUT2D eigenvalue weighted by Crippen LogP contribution is 2.05. The molecular weight excluding hydrogens is 324 g/mol. The second-order valence-electron chi connectivity index (χ2n) is 5.67. The molecule has 0 saturated carbocycles. The van der Waals surface area contributed by atoms with Gasteiger partial charge < -0.3 is 10.2 Å². The molecular formula is C16H32N6O3. The van der Waals surface area contributed by atoms with Crippen LogP contribution in [0.3, 0.4) is 0 Å². The number of aliphatic hydroxyl groups is 1. The van der Waals surface area contributed by atoms with Crippen LogP contribution in [0, 0.1) is 0 Å². The second kappa shape index (κ2) is 24.3. The maximum absolute atomic E-state index is 10.1. The van der Waals surface area contributed by atoms with E-state index in [0.29, 0.717) is 19.7 Å². The van der Waals surface area contributed by atoms with Crippen molar-refractivity contribution in [3.63, 3.8) is 0 Å². The van der Waals surface area contributed by atoms with Gasteiger partial charge in [-0.2, -0.15) is 0 Å². The normalized spacial score (nSPS) is 9.32. The third-order valence-electron chi connectivity index (χ3n) is 3.44. The zero-order valence-corrected chi connectivity index (χ0v) is 15.1. The van der Waals surface area contributed by atoms with Gasteiger partial charge in [0.25, 0.3) is 0 Å². The summed E-state index contributed by atoms with van der Waals surface area (Å²) < 4.78 is 0. The Kier molecular flexibility index (Phi) is 24.6. The molecule has 0 rings (SSSR count). The molecule has 0 amide bonds. The Hall–Kier alpha value is -1.95. The third kappa shape index (κ3) is 30.5. The second-order valence-corrected chi connectivity index (χ2v) is 5.67.